The zero-order valence-electron chi connectivity index (χ0n) is 15.6. The number of nitrogens with one attached hydrogen (secondary N) is 1. The number of allylic oxidation sites excluding steroid dienone is 1. The number of amides is 2. The first-order chi connectivity index (χ1) is 12.5. The molecule has 0 saturated heterocycles. The molecular formula is C20H26N2O4. The largest absolute Gasteiger partial charge is 0.490 e. The van der Waals surface area contributed by atoms with Gasteiger partial charge in [0.15, 0.2) is 0 Å². The van der Waals surface area contributed by atoms with Crippen LogP contribution in [0.1, 0.15) is 51.1 Å². The average molecular weight is 358 g/mol. The molecule has 1 fully saturated rings. The molecule has 1 aromatic carbocycles. The Bertz CT molecular complexity index is 722. The van der Waals surface area contributed by atoms with Gasteiger partial charge in [-0.1, -0.05) is 18.2 Å². The normalized spacial score (nSPS) is 21.0. The second-order valence-corrected chi connectivity index (χ2v) is 6.72. The summed E-state index contributed by atoms with van der Waals surface area (Å²) in [5.74, 6) is 0.293. The molecule has 0 bridgehead atoms. The molecule has 1 aliphatic carbocycles. The van der Waals surface area contributed by atoms with Gasteiger partial charge in [0, 0.05) is 18.3 Å². The molecule has 0 radical (unpaired) electrons. The van der Waals surface area contributed by atoms with E-state index >= 15 is 0 Å². The lowest BCUT2D eigenvalue weighted by Crippen LogP contribution is -2.46. The molecule has 0 spiro atoms. The fraction of sp³-hybridized carbons (Fsp3) is 0.500. The third-order valence-corrected chi connectivity index (χ3v) is 5.08. The van der Waals surface area contributed by atoms with Gasteiger partial charge in [-0.15, -0.1) is 0 Å². The first-order valence-corrected chi connectivity index (χ1v) is 9.20. The highest BCUT2D eigenvalue weighted by Gasteiger charge is 2.36. The number of benzene rings is 1. The minimum atomic E-state index is -0.588. The first-order valence-electron chi connectivity index (χ1n) is 9.20. The molecule has 1 atom stereocenters. The fourth-order valence-corrected chi connectivity index (χ4v) is 3.55. The van der Waals surface area contributed by atoms with E-state index in [-0.39, 0.29) is 18.7 Å². The van der Waals surface area contributed by atoms with E-state index < -0.39 is 12.0 Å². The van der Waals surface area contributed by atoms with Crippen LogP contribution < -0.4 is 10.1 Å². The van der Waals surface area contributed by atoms with E-state index in [4.69, 9.17) is 9.47 Å². The van der Waals surface area contributed by atoms with E-state index in [9.17, 15) is 9.59 Å². The lowest BCUT2D eigenvalue weighted by molar-refractivity contribution is -0.139. The topological polar surface area (TPSA) is 67.9 Å². The molecule has 1 N–H and O–H groups in total. The summed E-state index contributed by atoms with van der Waals surface area (Å²) >= 11 is 0. The molecule has 1 aromatic rings. The lowest BCUT2D eigenvalue weighted by atomic mass is 9.94. The molecule has 1 aliphatic heterocycles. The van der Waals surface area contributed by atoms with E-state index in [0.29, 0.717) is 17.0 Å². The number of carbonyl (C=O) groups is 2. The Kier molecular flexibility index (Phi) is 5.49. The zero-order chi connectivity index (χ0) is 18.7. The molecule has 6 heteroatoms. The molecule has 140 valence electrons. The lowest BCUT2D eigenvalue weighted by Gasteiger charge is -2.34. The fourth-order valence-electron chi connectivity index (χ4n) is 3.55. The van der Waals surface area contributed by atoms with Crippen LogP contribution in [0.25, 0.3) is 0 Å². The van der Waals surface area contributed by atoms with Crippen molar-refractivity contribution in [2.45, 2.75) is 51.7 Å². The van der Waals surface area contributed by atoms with Gasteiger partial charge in [-0.2, -0.15) is 0 Å². The van der Waals surface area contributed by atoms with E-state index in [1.807, 2.05) is 24.3 Å². The van der Waals surface area contributed by atoms with Gasteiger partial charge >= 0.3 is 12.0 Å². The quantitative estimate of drug-likeness (QED) is 0.818. The van der Waals surface area contributed by atoms with Crippen molar-refractivity contribution in [3.8, 4) is 5.75 Å². The minimum absolute atomic E-state index is 0.189. The number of hydrogen-bond donors (Lipinski definition) is 1. The van der Waals surface area contributed by atoms with Crippen molar-refractivity contribution >= 4 is 12.0 Å². The van der Waals surface area contributed by atoms with Gasteiger partial charge in [-0.05, 0) is 45.6 Å². The summed E-state index contributed by atoms with van der Waals surface area (Å²) in [6.45, 7) is 3.81. The number of ether oxygens (including phenoxy) is 2. The van der Waals surface area contributed by atoms with Crippen LogP contribution in [-0.4, -0.2) is 36.7 Å². The van der Waals surface area contributed by atoms with Gasteiger partial charge < -0.3 is 19.7 Å². The first kappa shape index (κ1) is 18.3. The Morgan fingerprint density at radius 2 is 1.96 bits per heavy atom. The van der Waals surface area contributed by atoms with Gasteiger partial charge in [0.1, 0.15) is 5.75 Å². The SMILES string of the molecule is CCOC(=O)C1=C(C)N(C)C(=O)N[C@@H]1c1ccccc1OC1CCCC1. The van der Waals surface area contributed by atoms with Crippen molar-refractivity contribution in [1.82, 2.24) is 10.2 Å². The number of para-hydroxylation sites is 1. The molecule has 1 saturated carbocycles. The van der Waals surface area contributed by atoms with E-state index in [1.165, 1.54) is 17.7 Å². The Labute approximate surface area is 154 Å². The van der Waals surface area contributed by atoms with Gasteiger partial charge in [-0.3, -0.25) is 0 Å². The Hall–Kier alpha value is -2.50. The Morgan fingerprint density at radius 1 is 1.27 bits per heavy atom. The van der Waals surface area contributed by atoms with E-state index in [0.717, 1.165) is 18.4 Å². The Morgan fingerprint density at radius 3 is 2.65 bits per heavy atom. The van der Waals surface area contributed by atoms with Crippen LogP contribution in [0.2, 0.25) is 0 Å². The third-order valence-electron chi connectivity index (χ3n) is 5.08. The number of nitrogens with zero attached hydrogens (tertiary/aromatic N) is 1. The monoisotopic (exact) mass is 358 g/mol. The van der Waals surface area contributed by atoms with Crippen LogP contribution in [0.15, 0.2) is 35.5 Å². The zero-order valence-corrected chi connectivity index (χ0v) is 15.6. The van der Waals surface area contributed by atoms with Crippen molar-refractivity contribution in [2.24, 2.45) is 0 Å². The molecule has 6 nitrogen and oxygen atoms in total. The summed E-state index contributed by atoms with van der Waals surface area (Å²) in [6.07, 6.45) is 4.60. The van der Waals surface area contributed by atoms with Crippen LogP contribution >= 0.6 is 0 Å². The van der Waals surface area contributed by atoms with Crippen molar-refractivity contribution in [3.63, 3.8) is 0 Å². The molecule has 26 heavy (non-hydrogen) atoms. The molecular weight excluding hydrogens is 332 g/mol. The van der Waals surface area contributed by atoms with Crippen molar-refractivity contribution in [1.29, 1.82) is 0 Å². The van der Waals surface area contributed by atoms with Gasteiger partial charge in [0.05, 0.1) is 24.3 Å². The van der Waals surface area contributed by atoms with Crippen molar-refractivity contribution in [2.75, 3.05) is 13.7 Å². The predicted molar refractivity (Wildman–Crippen MR) is 97.7 cm³/mol. The van der Waals surface area contributed by atoms with E-state index in [2.05, 4.69) is 5.32 Å². The van der Waals surface area contributed by atoms with Crippen LogP contribution in [0.3, 0.4) is 0 Å². The van der Waals surface area contributed by atoms with Crippen LogP contribution in [-0.2, 0) is 9.53 Å². The highest BCUT2D eigenvalue weighted by Crippen LogP contribution is 2.36. The van der Waals surface area contributed by atoms with Gasteiger partial charge in [0.25, 0.3) is 0 Å². The molecule has 1 heterocycles. The maximum atomic E-state index is 12.6. The second kappa shape index (κ2) is 7.81. The average Bonchev–Trinajstić information content (AvgIpc) is 3.13. The number of hydrogen-bond acceptors (Lipinski definition) is 4. The molecule has 0 unspecified atom stereocenters. The number of esters is 1. The predicted octanol–water partition coefficient (Wildman–Crippen LogP) is 3.54. The maximum Gasteiger partial charge on any atom is 0.338 e. The summed E-state index contributed by atoms with van der Waals surface area (Å²) in [5.41, 5.74) is 1.81. The van der Waals surface area contributed by atoms with Crippen LogP contribution in [0, 0.1) is 0 Å². The summed E-state index contributed by atoms with van der Waals surface area (Å²) in [5, 5.41) is 2.92. The number of carbonyl (C=O) groups excluding carboxylic acids is 2. The van der Waals surface area contributed by atoms with Crippen LogP contribution in [0.5, 0.6) is 5.75 Å². The smallest absolute Gasteiger partial charge is 0.338 e. The molecule has 2 aliphatic rings. The highest BCUT2D eigenvalue weighted by atomic mass is 16.5. The van der Waals surface area contributed by atoms with Gasteiger partial charge in [-0.25, -0.2) is 9.59 Å². The van der Waals surface area contributed by atoms with Crippen LogP contribution in [0.4, 0.5) is 4.79 Å². The number of rotatable bonds is 5. The van der Waals surface area contributed by atoms with Crippen molar-refractivity contribution < 1.29 is 19.1 Å². The van der Waals surface area contributed by atoms with E-state index in [1.54, 1.807) is 20.9 Å². The maximum absolute atomic E-state index is 12.6. The van der Waals surface area contributed by atoms with Gasteiger partial charge in [0.2, 0.25) is 0 Å². The second-order valence-electron chi connectivity index (χ2n) is 6.72. The highest BCUT2D eigenvalue weighted by molar-refractivity contribution is 5.95. The summed E-state index contributed by atoms with van der Waals surface area (Å²) in [6, 6.07) is 6.75. The summed E-state index contributed by atoms with van der Waals surface area (Å²) in [4.78, 5) is 26.4. The number of urea groups is 1. The molecule has 2 amide bonds. The summed E-state index contributed by atoms with van der Waals surface area (Å²) in [7, 11) is 1.64. The standard InChI is InChI=1S/C20H26N2O4/c1-4-25-19(23)17-13(2)22(3)20(24)21-18(17)15-11-7-8-12-16(15)26-14-9-5-6-10-14/h7-8,11-12,14,18H,4-6,9-10H2,1-3H3,(H,21,24)/t18-/m1/s1. The summed E-state index contributed by atoms with van der Waals surface area (Å²) < 4.78 is 11.5. The molecule has 3 rings (SSSR count). The Balaban J connectivity index is 2.00. The third kappa shape index (κ3) is 3.54. The molecule has 0 aromatic heterocycles. The van der Waals surface area contributed by atoms with Crippen molar-refractivity contribution in [3.05, 3.63) is 41.1 Å². The minimum Gasteiger partial charge on any atom is -0.490 e.